The highest BCUT2D eigenvalue weighted by Crippen LogP contribution is 2.32. The predicted molar refractivity (Wildman–Crippen MR) is 118 cm³/mol. The van der Waals surface area contributed by atoms with E-state index in [4.69, 9.17) is 11.6 Å². The van der Waals surface area contributed by atoms with Gasteiger partial charge in [0.15, 0.2) is 0 Å². The van der Waals surface area contributed by atoms with Crippen LogP contribution in [0.25, 0.3) is 6.08 Å². The normalized spacial score (nSPS) is 15.0. The molecule has 0 bridgehead atoms. The monoisotopic (exact) mass is 463 g/mol. The Labute approximate surface area is 186 Å². The second kappa shape index (κ2) is 10.4. The van der Waals surface area contributed by atoms with Crippen LogP contribution in [0.3, 0.4) is 0 Å². The van der Waals surface area contributed by atoms with Crippen molar-refractivity contribution >= 4 is 63.7 Å². The first-order chi connectivity index (χ1) is 14.4. The lowest BCUT2D eigenvalue weighted by Crippen LogP contribution is -2.38. The molecule has 3 rings (SSSR count). The van der Waals surface area contributed by atoms with Crippen LogP contribution < -0.4 is 10.6 Å². The Morgan fingerprint density at radius 3 is 2.53 bits per heavy atom. The van der Waals surface area contributed by atoms with Crippen LogP contribution in [0, 0.1) is 0 Å². The van der Waals surface area contributed by atoms with Gasteiger partial charge in [0, 0.05) is 31.1 Å². The number of thiophene rings is 1. The largest absolute Gasteiger partial charge is 0.354 e. The van der Waals surface area contributed by atoms with Gasteiger partial charge in [-0.15, -0.1) is 11.3 Å². The summed E-state index contributed by atoms with van der Waals surface area (Å²) in [5, 5.41) is 7.33. The first-order valence-electron chi connectivity index (χ1n) is 9.03. The van der Waals surface area contributed by atoms with E-state index in [2.05, 4.69) is 10.6 Å². The van der Waals surface area contributed by atoms with Crippen molar-refractivity contribution in [2.75, 3.05) is 19.6 Å². The van der Waals surface area contributed by atoms with Gasteiger partial charge in [0.05, 0.1) is 9.78 Å². The third kappa shape index (κ3) is 5.94. The highest BCUT2D eigenvalue weighted by molar-refractivity contribution is 8.18. The summed E-state index contributed by atoms with van der Waals surface area (Å²) in [6.07, 6.45) is 1.74. The molecule has 1 fully saturated rings. The zero-order valence-corrected chi connectivity index (χ0v) is 18.1. The maximum atomic E-state index is 12.5. The molecule has 0 aliphatic carbocycles. The molecule has 0 spiro atoms. The third-order valence-electron chi connectivity index (χ3n) is 4.08. The fourth-order valence-electron chi connectivity index (χ4n) is 2.58. The summed E-state index contributed by atoms with van der Waals surface area (Å²) in [6, 6.07) is 10.4. The lowest BCUT2D eigenvalue weighted by molar-refractivity contribution is -0.124. The zero-order chi connectivity index (χ0) is 21.5. The highest BCUT2D eigenvalue weighted by atomic mass is 35.5. The topological polar surface area (TPSA) is 95.6 Å². The number of thioether (sulfide) groups is 1. The maximum absolute atomic E-state index is 12.5. The molecule has 0 atom stereocenters. The Kier molecular flexibility index (Phi) is 7.67. The van der Waals surface area contributed by atoms with Crippen molar-refractivity contribution < 1.29 is 19.2 Å². The van der Waals surface area contributed by atoms with Crippen LogP contribution in [0.1, 0.15) is 21.7 Å². The lowest BCUT2D eigenvalue weighted by Gasteiger charge is -2.13. The van der Waals surface area contributed by atoms with Gasteiger partial charge in [0.25, 0.3) is 17.1 Å². The fraction of sp³-hybridized carbons (Fsp3) is 0.200. The van der Waals surface area contributed by atoms with Crippen molar-refractivity contribution in [2.45, 2.75) is 6.42 Å². The summed E-state index contributed by atoms with van der Waals surface area (Å²) in [7, 11) is 0. The van der Waals surface area contributed by atoms with E-state index in [-0.39, 0.29) is 43.1 Å². The summed E-state index contributed by atoms with van der Waals surface area (Å²) in [4.78, 5) is 50.3. The number of amides is 4. The summed E-state index contributed by atoms with van der Waals surface area (Å²) >= 11 is 8.03. The molecule has 4 amide bonds. The van der Waals surface area contributed by atoms with Crippen molar-refractivity contribution in [2.24, 2.45) is 0 Å². The van der Waals surface area contributed by atoms with Gasteiger partial charge in [0.1, 0.15) is 0 Å². The van der Waals surface area contributed by atoms with E-state index in [1.807, 2.05) is 0 Å². The Morgan fingerprint density at radius 2 is 1.83 bits per heavy atom. The molecule has 156 valence electrons. The highest BCUT2D eigenvalue weighted by Gasteiger charge is 2.34. The van der Waals surface area contributed by atoms with E-state index in [1.54, 1.807) is 47.9 Å². The smallest absolute Gasteiger partial charge is 0.293 e. The van der Waals surface area contributed by atoms with Crippen LogP contribution in [0.2, 0.25) is 5.02 Å². The average molecular weight is 464 g/mol. The molecule has 30 heavy (non-hydrogen) atoms. The number of nitrogens with zero attached hydrogens (tertiary/aromatic N) is 1. The second-order valence-corrected chi connectivity index (χ2v) is 8.60. The van der Waals surface area contributed by atoms with Crippen LogP contribution in [-0.2, 0) is 9.59 Å². The number of rotatable bonds is 8. The average Bonchev–Trinajstić information content (AvgIpc) is 3.34. The molecule has 2 aromatic rings. The van der Waals surface area contributed by atoms with Gasteiger partial charge < -0.3 is 10.6 Å². The van der Waals surface area contributed by atoms with Gasteiger partial charge in [-0.1, -0.05) is 29.8 Å². The molecule has 1 aromatic carbocycles. The van der Waals surface area contributed by atoms with Crippen LogP contribution in [-0.4, -0.2) is 47.5 Å². The molecule has 0 unspecified atom stereocenters. The number of benzene rings is 1. The van der Waals surface area contributed by atoms with E-state index >= 15 is 0 Å². The molecular formula is C20H18ClN3O4S2. The number of imide groups is 1. The van der Waals surface area contributed by atoms with Gasteiger partial charge in [-0.2, -0.15) is 0 Å². The van der Waals surface area contributed by atoms with Crippen LogP contribution >= 0.6 is 34.7 Å². The van der Waals surface area contributed by atoms with E-state index in [1.165, 1.54) is 11.3 Å². The van der Waals surface area contributed by atoms with Crippen LogP contribution in [0.4, 0.5) is 4.79 Å². The second-order valence-electron chi connectivity index (χ2n) is 6.22. The maximum Gasteiger partial charge on any atom is 0.293 e. The Hall–Kier alpha value is -2.62. The minimum Gasteiger partial charge on any atom is -0.354 e. The summed E-state index contributed by atoms with van der Waals surface area (Å²) in [6.45, 7) is 0.424. The molecule has 1 saturated heterocycles. The van der Waals surface area contributed by atoms with Gasteiger partial charge in [0.2, 0.25) is 5.91 Å². The fourth-order valence-corrected chi connectivity index (χ4v) is 4.21. The molecule has 0 radical (unpaired) electrons. The van der Waals surface area contributed by atoms with Gasteiger partial charge in [-0.05, 0) is 47.0 Å². The Balaban J connectivity index is 1.41. The van der Waals surface area contributed by atoms with Gasteiger partial charge >= 0.3 is 0 Å². The predicted octanol–water partition coefficient (Wildman–Crippen LogP) is 3.37. The molecule has 2 N–H and O–H groups in total. The molecule has 1 aliphatic rings. The minimum absolute atomic E-state index is 0.0793. The van der Waals surface area contributed by atoms with E-state index in [0.717, 1.165) is 22.2 Å². The van der Waals surface area contributed by atoms with E-state index in [0.29, 0.717) is 14.8 Å². The summed E-state index contributed by atoms with van der Waals surface area (Å²) < 4.78 is 0. The van der Waals surface area contributed by atoms with Crippen molar-refractivity contribution in [1.29, 1.82) is 0 Å². The molecular weight excluding hydrogens is 446 g/mol. The molecule has 0 saturated carbocycles. The summed E-state index contributed by atoms with van der Waals surface area (Å²) in [5.41, 5.74) is 0.766. The zero-order valence-electron chi connectivity index (χ0n) is 15.7. The SMILES string of the molecule is O=C(CCNC(=O)c1cccs1)NCCN1C(=O)S/C(=C\c2ccc(Cl)cc2)C1=O. The lowest BCUT2D eigenvalue weighted by atomic mass is 10.2. The van der Waals surface area contributed by atoms with Crippen molar-refractivity contribution in [3.05, 3.63) is 62.1 Å². The van der Waals surface area contributed by atoms with Gasteiger partial charge in [-0.25, -0.2) is 0 Å². The number of carbonyl (C=O) groups excluding carboxylic acids is 4. The molecule has 2 heterocycles. The number of hydrogen-bond donors (Lipinski definition) is 2. The number of halogens is 1. The van der Waals surface area contributed by atoms with Gasteiger partial charge in [-0.3, -0.25) is 24.1 Å². The third-order valence-corrected chi connectivity index (χ3v) is 6.11. The van der Waals surface area contributed by atoms with Crippen LogP contribution in [0.5, 0.6) is 0 Å². The number of hydrogen-bond acceptors (Lipinski definition) is 6. The summed E-state index contributed by atoms with van der Waals surface area (Å²) in [5.74, 6) is -0.884. The first kappa shape index (κ1) is 22.1. The first-order valence-corrected chi connectivity index (χ1v) is 11.1. The van der Waals surface area contributed by atoms with Crippen molar-refractivity contribution in [3.8, 4) is 0 Å². The Bertz CT molecular complexity index is 974. The standard InChI is InChI=1S/C20H18ClN3O4S2/c21-14-5-3-13(4-6-14)12-16-19(27)24(20(28)30-16)10-9-22-17(25)7-8-23-18(26)15-2-1-11-29-15/h1-6,11-12H,7-10H2,(H,22,25)(H,23,26)/b16-12-. The molecule has 10 heteroatoms. The number of carbonyl (C=O) groups is 4. The van der Waals surface area contributed by atoms with E-state index in [9.17, 15) is 19.2 Å². The molecule has 7 nitrogen and oxygen atoms in total. The number of nitrogens with one attached hydrogen (secondary N) is 2. The molecule has 1 aromatic heterocycles. The van der Waals surface area contributed by atoms with Crippen molar-refractivity contribution in [1.82, 2.24) is 15.5 Å². The van der Waals surface area contributed by atoms with Crippen molar-refractivity contribution in [3.63, 3.8) is 0 Å². The Morgan fingerprint density at radius 1 is 1.07 bits per heavy atom. The van der Waals surface area contributed by atoms with E-state index < -0.39 is 5.91 Å². The van der Waals surface area contributed by atoms with Crippen LogP contribution in [0.15, 0.2) is 46.7 Å². The molecule has 1 aliphatic heterocycles. The minimum atomic E-state index is -0.391. The quantitative estimate of drug-likeness (QED) is 0.585.